The average Bonchev–Trinajstić information content (AvgIpc) is 2.71. The molecule has 0 aromatic carbocycles. The van der Waals surface area contributed by atoms with Crippen LogP contribution in [0.25, 0.3) is 0 Å². The zero-order chi connectivity index (χ0) is 9.97. The number of nitrogens with zero attached hydrogens (tertiary/aromatic N) is 2. The maximum atomic E-state index is 10.9. The Morgan fingerprint density at radius 2 is 2.50 bits per heavy atom. The summed E-state index contributed by atoms with van der Waals surface area (Å²) >= 11 is 0. The number of ether oxygens (including phenoxy) is 1. The first-order valence-corrected chi connectivity index (χ1v) is 4.48. The average molecular weight is 193 g/mol. The highest BCUT2D eigenvalue weighted by Crippen LogP contribution is 2.21. The molecule has 0 radical (unpaired) electrons. The van der Waals surface area contributed by atoms with Crippen molar-refractivity contribution >= 4 is 5.91 Å². The fraction of sp³-hybridized carbons (Fsp3) is 0.444. The first kappa shape index (κ1) is 9.08. The van der Waals surface area contributed by atoms with Crippen LogP contribution in [0.2, 0.25) is 0 Å². The Kier molecular flexibility index (Phi) is 2.41. The minimum absolute atomic E-state index is 0.203. The van der Waals surface area contributed by atoms with E-state index in [0.29, 0.717) is 12.4 Å². The maximum absolute atomic E-state index is 10.9. The van der Waals surface area contributed by atoms with Crippen molar-refractivity contribution in [2.75, 3.05) is 13.2 Å². The van der Waals surface area contributed by atoms with Crippen LogP contribution in [-0.4, -0.2) is 29.1 Å². The number of hydrogen-bond acceptors (Lipinski definition) is 4. The Labute approximate surface area is 81.3 Å². The Balaban J connectivity index is 2.25. The van der Waals surface area contributed by atoms with Crippen LogP contribution in [0, 0.1) is 0 Å². The molecular formula is C9H11N3O2. The van der Waals surface area contributed by atoms with E-state index in [0.717, 1.165) is 13.0 Å². The lowest BCUT2D eigenvalue weighted by Crippen LogP contribution is -2.15. The SMILES string of the molecule is NC(=O)c1ccnc([C@@H]2CCOC2)n1. The van der Waals surface area contributed by atoms with E-state index in [4.69, 9.17) is 10.5 Å². The largest absolute Gasteiger partial charge is 0.381 e. The smallest absolute Gasteiger partial charge is 0.267 e. The molecule has 5 nitrogen and oxygen atoms in total. The van der Waals surface area contributed by atoms with Crippen LogP contribution in [0.3, 0.4) is 0 Å². The molecule has 1 atom stereocenters. The molecule has 0 aliphatic carbocycles. The van der Waals surface area contributed by atoms with Gasteiger partial charge in [0.25, 0.3) is 5.91 Å². The van der Waals surface area contributed by atoms with Crippen LogP contribution >= 0.6 is 0 Å². The normalized spacial score (nSPS) is 21.0. The number of carbonyl (C=O) groups is 1. The zero-order valence-electron chi connectivity index (χ0n) is 7.64. The molecule has 0 unspecified atom stereocenters. The highest BCUT2D eigenvalue weighted by Gasteiger charge is 2.20. The van der Waals surface area contributed by atoms with E-state index in [1.807, 2.05) is 0 Å². The first-order valence-electron chi connectivity index (χ1n) is 4.48. The van der Waals surface area contributed by atoms with Gasteiger partial charge in [-0.3, -0.25) is 4.79 Å². The molecule has 2 N–H and O–H groups in total. The summed E-state index contributed by atoms with van der Waals surface area (Å²) in [7, 11) is 0. The molecule has 2 rings (SSSR count). The van der Waals surface area contributed by atoms with Gasteiger partial charge in [-0.2, -0.15) is 0 Å². The third-order valence-corrected chi connectivity index (χ3v) is 2.22. The van der Waals surface area contributed by atoms with E-state index in [9.17, 15) is 4.79 Å². The summed E-state index contributed by atoms with van der Waals surface area (Å²) in [5.74, 6) is 0.334. The lowest BCUT2D eigenvalue weighted by atomic mass is 10.1. The Hall–Kier alpha value is -1.49. The number of carbonyl (C=O) groups excluding carboxylic acids is 1. The lowest BCUT2D eigenvalue weighted by molar-refractivity contribution is 0.0995. The summed E-state index contributed by atoms with van der Waals surface area (Å²) in [4.78, 5) is 19.1. The second-order valence-corrected chi connectivity index (χ2v) is 3.22. The van der Waals surface area contributed by atoms with E-state index < -0.39 is 5.91 Å². The zero-order valence-corrected chi connectivity index (χ0v) is 7.64. The molecule has 1 saturated heterocycles. The Bertz CT molecular complexity index is 348. The van der Waals surface area contributed by atoms with Crippen LogP contribution in [-0.2, 0) is 4.74 Å². The van der Waals surface area contributed by atoms with Gasteiger partial charge in [0.2, 0.25) is 0 Å². The van der Waals surface area contributed by atoms with Gasteiger partial charge in [0.15, 0.2) is 0 Å². The van der Waals surface area contributed by atoms with Gasteiger partial charge in [0.05, 0.1) is 6.61 Å². The Morgan fingerprint density at radius 1 is 1.64 bits per heavy atom. The number of amides is 1. The predicted octanol–water partition coefficient (Wildman–Crippen LogP) is 0.0794. The molecule has 2 heterocycles. The molecule has 74 valence electrons. The minimum Gasteiger partial charge on any atom is -0.381 e. The van der Waals surface area contributed by atoms with E-state index in [-0.39, 0.29) is 11.6 Å². The quantitative estimate of drug-likeness (QED) is 0.721. The van der Waals surface area contributed by atoms with Gasteiger partial charge >= 0.3 is 0 Å². The molecule has 1 aliphatic heterocycles. The highest BCUT2D eigenvalue weighted by molar-refractivity contribution is 5.90. The number of nitrogens with two attached hydrogens (primary N) is 1. The second-order valence-electron chi connectivity index (χ2n) is 3.22. The fourth-order valence-corrected chi connectivity index (χ4v) is 1.45. The number of primary amides is 1. The number of hydrogen-bond donors (Lipinski definition) is 1. The molecule has 0 saturated carbocycles. The molecular weight excluding hydrogens is 182 g/mol. The van der Waals surface area contributed by atoms with Gasteiger partial charge < -0.3 is 10.5 Å². The van der Waals surface area contributed by atoms with Gasteiger partial charge in [-0.15, -0.1) is 0 Å². The monoisotopic (exact) mass is 193 g/mol. The summed E-state index contributed by atoms with van der Waals surface area (Å²) in [6.07, 6.45) is 2.46. The summed E-state index contributed by atoms with van der Waals surface area (Å²) in [5.41, 5.74) is 5.39. The Morgan fingerprint density at radius 3 is 3.14 bits per heavy atom. The standard InChI is InChI=1S/C9H11N3O2/c10-8(13)7-1-3-11-9(12-7)6-2-4-14-5-6/h1,3,6H,2,4-5H2,(H2,10,13)/t6-/m1/s1. The van der Waals surface area contributed by atoms with Gasteiger partial charge in [-0.05, 0) is 12.5 Å². The van der Waals surface area contributed by atoms with Gasteiger partial charge in [0.1, 0.15) is 11.5 Å². The van der Waals surface area contributed by atoms with Crippen molar-refractivity contribution < 1.29 is 9.53 Å². The van der Waals surface area contributed by atoms with Crippen molar-refractivity contribution in [3.05, 3.63) is 23.8 Å². The third-order valence-electron chi connectivity index (χ3n) is 2.22. The molecule has 0 bridgehead atoms. The van der Waals surface area contributed by atoms with E-state index in [1.165, 1.54) is 6.07 Å². The number of rotatable bonds is 2. The van der Waals surface area contributed by atoms with Gasteiger partial charge in [-0.25, -0.2) is 9.97 Å². The topological polar surface area (TPSA) is 78.1 Å². The van der Waals surface area contributed by atoms with Crippen molar-refractivity contribution in [2.24, 2.45) is 5.73 Å². The molecule has 1 aromatic rings. The first-order chi connectivity index (χ1) is 6.77. The van der Waals surface area contributed by atoms with Gasteiger partial charge in [-0.1, -0.05) is 0 Å². The molecule has 0 spiro atoms. The predicted molar refractivity (Wildman–Crippen MR) is 48.7 cm³/mol. The third kappa shape index (κ3) is 1.72. The van der Waals surface area contributed by atoms with Crippen LogP contribution in [0.5, 0.6) is 0 Å². The maximum Gasteiger partial charge on any atom is 0.267 e. The van der Waals surface area contributed by atoms with Crippen molar-refractivity contribution in [3.8, 4) is 0 Å². The van der Waals surface area contributed by atoms with Crippen molar-refractivity contribution in [2.45, 2.75) is 12.3 Å². The molecule has 5 heteroatoms. The van der Waals surface area contributed by atoms with Crippen LogP contribution in [0.4, 0.5) is 0 Å². The molecule has 1 fully saturated rings. The molecule has 1 amide bonds. The lowest BCUT2D eigenvalue weighted by Gasteiger charge is -2.05. The van der Waals surface area contributed by atoms with Crippen molar-refractivity contribution in [1.82, 2.24) is 9.97 Å². The molecule has 14 heavy (non-hydrogen) atoms. The van der Waals surface area contributed by atoms with Crippen LogP contribution in [0.15, 0.2) is 12.3 Å². The summed E-state index contributed by atoms with van der Waals surface area (Å²) < 4.78 is 5.22. The minimum atomic E-state index is -0.521. The second kappa shape index (κ2) is 3.71. The van der Waals surface area contributed by atoms with Gasteiger partial charge in [0, 0.05) is 18.7 Å². The van der Waals surface area contributed by atoms with Crippen LogP contribution in [0.1, 0.15) is 28.7 Å². The van der Waals surface area contributed by atoms with Crippen molar-refractivity contribution in [3.63, 3.8) is 0 Å². The van der Waals surface area contributed by atoms with E-state index in [2.05, 4.69) is 9.97 Å². The summed E-state index contributed by atoms with van der Waals surface area (Å²) in [5, 5.41) is 0. The fourth-order valence-electron chi connectivity index (χ4n) is 1.45. The number of aromatic nitrogens is 2. The van der Waals surface area contributed by atoms with Crippen molar-refractivity contribution in [1.29, 1.82) is 0 Å². The molecule has 1 aromatic heterocycles. The summed E-state index contributed by atoms with van der Waals surface area (Å²) in [6, 6.07) is 1.52. The van der Waals surface area contributed by atoms with Crippen LogP contribution < -0.4 is 5.73 Å². The van der Waals surface area contributed by atoms with E-state index >= 15 is 0 Å². The van der Waals surface area contributed by atoms with E-state index in [1.54, 1.807) is 6.20 Å². The summed E-state index contributed by atoms with van der Waals surface area (Å²) in [6.45, 7) is 1.36. The highest BCUT2D eigenvalue weighted by atomic mass is 16.5. The molecule has 1 aliphatic rings.